The van der Waals surface area contributed by atoms with Crippen LogP contribution in [0.4, 0.5) is 26.3 Å². The molecular formula is C20H25F6I2N2O3-. The average molecular weight is 709 g/mol. The van der Waals surface area contributed by atoms with Crippen molar-refractivity contribution >= 4 is 26.3 Å². The molecule has 5 nitrogen and oxygen atoms in total. The third-order valence-electron chi connectivity index (χ3n) is 9.73. The van der Waals surface area contributed by atoms with E-state index in [0.29, 0.717) is 37.0 Å². The second-order valence-electron chi connectivity index (χ2n) is 10.9. The van der Waals surface area contributed by atoms with E-state index in [4.69, 9.17) is 4.74 Å². The predicted molar refractivity (Wildman–Crippen MR) is 107 cm³/mol. The quantitative estimate of drug-likeness (QED) is 0.0688. The fourth-order valence-electron chi connectivity index (χ4n) is 7.84. The van der Waals surface area contributed by atoms with Crippen LogP contribution < -0.4 is 28.3 Å². The van der Waals surface area contributed by atoms with Gasteiger partial charge in [0.2, 0.25) is 0 Å². The normalized spacial score (nSPS) is 43.1. The van der Waals surface area contributed by atoms with Gasteiger partial charge in [-0.05, 0) is 0 Å². The van der Waals surface area contributed by atoms with Crippen LogP contribution in [0.25, 0.3) is 0 Å². The Labute approximate surface area is 204 Å². The Hall–Kier alpha value is 0.390. The molecule has 4 aliphatic carbocycles. The summed E-state index contributed by atoms with van der Waals surface area (Å²) < 4.78 is 93.2. The Kier molecular flexibility index (Phi) is 4.64. The first kappa shape index (κ1) is 23.8. The molecule has 33 heavy (non-hydrogen) atoms. The topological polar surface area (TPSA) is 90.4 Å². The fourth-order valence-corrected chi connectivity index (χ4v) is 18.2. The zero-order chi connectivity index (χ0) is 24.0. The minimum atomic E-state index is -6.03. The molecule has 6 aliphatic rings. The molecule has 2 bridgehead atoms. The van der Waals surface area contributed by atoms with Crippen molar-refractivity contribution in [1.29, 1.82) is 0 Å². The number of carbonyl (C=O) groups is 1. The number of ether oxygens (including phenoxy) is 1. The number of rotatable bonds is 7. The number of aliphatic hydroxyl groups is 1. The Morgan fingerprint density at radius 2 is 1.64 bits per heavy atom. The summed E-state index contributed by atoms with van der Waals surface area (Å²) in [6.07, 6.45) is -11.7. The van der Waals surface area contributed by atoms with Gasteiger partial charge in [0.25, 0.3) is 0 Å². The maximum absolute atomic E-state index is 13.9. The van der Waals surface area contributed by atoms with Gasteiger partial charge < -0.3 is 0 Å². The molecule has 0 aromatic rings. The molecular weight excluding hydrogens is 684 g/mol. The number of carbonyl (C=O) groups excluding carboxylic acids is 1. The Morgan fingerprint density at radius 1 is 1.12 bits per heavy atom. The van der Waals surface area contributed by atoms with Crippen LogP contribution in [-0.2, 0) is 9.53 Å². The summed E-state index contributed by atoms with van der Waals surface area (Å²) in [5.41, 5.74) is -5.79. The number of alkyl halides is 9. The van der Waals surface area contributed by atoms with Crippen LogP contribution in [0.3, 0.4) is 0 Å². The summed E-state index contributed by atoms with van der Waals surface area (Å²) in [5, 5.41) is 10.3. The molecule has 4 unspecified atom stereocenters. The van der Waals surface area contributed by atoms with Gasteiger partial charge in [-0.15, -0.1) is 0 Å². The Morgan fingerprint density at radius 3 is 2.00 bits per heavy atom. The number of halogens is 8. The van der Waals surface area contributed by atoms with Gasteiger partial charge in [0, 0.05) is 0 Å². The molecule has 2 aliphatic heterocycles. The van der Waals surface area contributed by atoms with Crippen LogP contribution >= 0.6 is 20.4 Å². The van der Waals surface area contributed by atoms with Crippen molar-refractivity contribution in [2.75, 3.05) is 4.93 Å². The molecule has 2 heterocycles. The predicted octanol–water partition coefficient (Wildman–Crippen LogP) is 0.644. The van der Waals surface area contributed by atoms with Crippen molar-refractivity contribution in [3.05, 3.63) is 0 Å². The van der Waals surface area contributed by atoms with Gasteiger partial charge in [0.1, 0.15) is 0 Å². The Bertz CT molecular complexity index is 892. The third kappa shape index (κ3) is 2.69. The number of hydrogen-bond donors (Lipinski definition) is 3. The molecule has 6 rings (SSSR count). The first-order valence-corrected chi connectivity index (χ1v) is 17.4. The van der Waals surface area contributed by atoms with Crippen LogP contribution in [0, 0.1) is 28.6 Å². The molecule has 0 radical (unpaired) electrons. The molecule has 0 aromatic heterocycles. The molecule has 190 valence electrons. The van der Waals surface area contributed by atoms with Crippen molar-refractivity contribution < 1.29 is 62.2 Å². The first-order valence-electron chi connectivity index (χ1n) is 10.9. The average Bonchev–Trinajstić information content (AvgIpc) is 3.50. The van der Waals surface area contributed by atoms with Crippen molar-refractivity contribution in [3.8, 4) is 0 Å². The molecule has 6 fully saturated rings. The van der Waals surface area contributed by atoms with Crippen LogP contribution in [0.2, 0.25) is 0 Å². The van der Waals surface area contributed by atoms with E-state index in [1.807, 2.05) is 0 Å². The maximum atomic E-state index is 13.9. The molecule has 4 saturated carbocycles. The summed E-state index contributed by atoms with van der Waals surface area (Å²) in [4.78, 5) is 15.0. The molecule has 3 N–H and O–H groups in total. The van der Waals surface area contributed by atoms with E-state index in [2.05, 4.69) is 7.06 Å². The van der Waals surface area contributed by atoms with Gasteiger partial charge in [-0.3, -0.25) is 0 Å². The van der Waals surface area contributed by atoms with E-state index in [-0.39, 0.29) is 5.41 Å². The third-order valence-corrected chi connectivity index (χ3v) is 19.0. The van der Waals surface area contributed by atoms with Gasteiger partial charge in [-0.25, -0.2) is 0 Å². The van der Waals surface area contributed by atoms with E-state index < -0.39 is 90.5 Å². The van der Waals surface area contributed by atoms with Crippen molar-refractivity contribution in [2.24, 2.45) is 28.6 Å². The molecule has 13 heteroatoms. The van der Waals surface area contributed by atoms with Gasteiger partial charge in [0.05, 0.1) is 0 Å². The van der Waals surface area contributed by atoms with Crippen LogP contribution in [0.1, 0.15) is 45.4 Å². The summed E-state index contributed by atoms with van der Waals surface area (Å²) in [5.74, 6) is 0.126. The molecule has 0 aromatic carbocycles. The van der Waals surface area contributed by atoms with E-state index in [0.717, 1.165) is 12.8 Å². The van der Waals surface area contributed by atoms with Crippen molar-refractivity contribution in [1.82, 2.24) is 7.06 Å². The monoisotopic (exact) mass is 709 g/mol. The zero-order valence-electron chi connectivity index (χ0n) is 17.8. The van der Waals surface area contributed by atoms with Crippen LogP contribution in [0.5, 0.6) is 0 Å². The van der Waals surface area contributed by atoms with Crippen molar-refractivity contribution in [3.63, 3.8) is 0 Å². The van der Waals surface area contributed by atoms with Gasteiger partial charge >= 0.3 is 206 Å². The van der Waals surface area contributed by atoms with E-state index in [9.17, 15) is 36.2 Å². The summed E-state index contributed by atoms with van der Waals surface area (Å²) in [7, 11) is 0. The van der Waals surface area contributed by atoms with Crippen LogP contribution in [-0.4, -0.2) is 47.2 Å². The molecule has 1 spiro atoms. The fraction of sp³-hybridized carbons (Fsp3) is 0.950. The van der Waals surface area contributed by atoms with E-state index in [1.165, 1.54) is 0 Å². The standard InChI is InChI=1S/C20H25F6I2N2O3/c1-14(27-2,20-28(29-20)30-20)13(31)33-12(17(32,18(21,22)23)19(24,25)26)7-15-5-10-3-9-4-11(6-15)16(9,10)8-15/h9-12,29-30,32H,3-8H2,1-2H3/q-1. The number of hydrogen-bond acceptors (Lipinski definition) is 5. The number of fused-ring (bicyclic) bond motifs is 2. The summed E-state index contributed by atoms with van der Waals surface area (Å²) in [6, 6.07) is 0. The molecule has 2 saturated heterocycles. The summed E-state index contributed by atoms with van der Waals surface area (Å²) in [6.45, 7) is 1.55. The molecule has 0 amide bonds. The van der Waals surface area contributed by atoms with E-state index in [1.54, 1.807) is 11.9 Å². The first-order chi connectivity index (χ1) is 15.1. The zero-order valence-corrected chi connectivity index (χ0v) is 22.2. The van der Waals surface area contributed by atoms with Crippen LogP contribution in [0.15, 0.2) is 0 Å². The SMILES string of the molecule is C[I-]C(C)(C(=O)OC(CC12CC3CC4CC(C1)C43C2)C(O)(C(F)(F)F)C(F)(F)F)C12NI1N2. The second-order valence-corrected chi connectivity index (χ2v) is 18.5. The van der Waals surface area contributed by atoms with Gasteiger partial charge in [0.15, 0.2) is 0 Å². The summed E-state index contributed by atoms with van der Waals surface area (Å²) >= 11 is -2.65. The second kappa shape index (κ2) is 6.44. The van der Waals surface area contributed by atoms with Gasteiger partial charge in [-0.1, -0.05) is 0 Å². The number of nitrogens with one attached hydrogen (secondary N) is 2. The number of esters is 1. The minimum absolute atomic E-state index is 0.0704. The van der Waals surface area contributed by atoms with Gasteiger partial charge in [-0.2, -0.15) is 0 Å². The van der Waals surface area contributed by atoms with Crippen molar-refractivity contribution in [2.45, 2.75) is 76.6 Å². The Balaban J connectivity index is 1.34. The van der Waals surface area contributed by atoms with E-state index >= 15 is 0 Å². The molecule has 4 atom stereocenters.